The Bertz CT molecular complexity index is 924. The number of carbonyl (C=O) groups is 2. The summed E-state index contributed by atoms with van der Waals surface area (Å²) in [5.74, 6) is -0.481. The third kappa shape index (κ3) is 5.30. The normalized spacial score (nSPS) is 11.0. The van der Waals surface area contributed by atoms with E-state index < -0.39 is 15.7 Å². The van der Waals surface area contributed by atoms with E-state index in [-0.39, 0.29) is 28.6 Å². The van der Waals surface area contributed by atoms with Crippen molar-refractivity contribution in [3.8, 4) is 5.75 Å². The molecule has 0 spiro atoms. The third-order valence-corrected chi connectivity index (χ3v) is 4.57. The number of nitrogens with one attached hydrogen (secondary N) is 1. The van der Waals surface area contributed by atoms with Crippen LogP contribution in [0.4, 0.5) is 5.69 Å². The number of anilines is 1. The first kappa shape index (κ1) is 19.0. The van der Waals surface area contributed by atoms with Gasteiger partial charge in [0, 0.05) is 17.0 Å². The molecule has 25 heavy (non-hydrogen) atoms. The Hall–Kier alpha value is -2.38. The lowest BCUT2D eigenvalue weighted by molar-refractivity contribution is -0.118. The smallest absolute Gasteiger partial charge is 0.262 e. The van der Waals surface area contributed by atoms with Gasteiger partial charge in [-0.05, 0) is 43.3 Å². The SMILES string of the molecule is CC(=O)c1cc(Cl)ccc1OCC(=O)Nc1cccc(S(C)(=O)=O)c1. The Morgan fingerprint density at radius 2 is 1.88 bits per heavy atom. The summed E-state index contributed by atoms with van der Waals surface area (Å²) in [6.07, 6.45) is 1.08. The number of hydrogen-bond donors (Lipinski definition) is 1. The molecule has 0 heterocycles. The fourth-order valence-corrected chi connectivity index (χ4v) is 2.89. The van der Waals surface area contributed by atoms with Crippen molar-refractivity contribution in [3.05, 3.63) is 53.1 Å². The number of benzene rings is 2. The lowest BCUT2D eigenvalue weighted by Crippen LogP contribution is -2.21. The van der Waals surface area contributed by atoms with E-state index in [1.54, 1.807) is 12.1 Å². The average Bonchev–Trinajstić information content (AvgIpc) is 2.53. The number of rotatable bonds is 6. The Kier molecular flexibility index (Phi) is 5.81. The molecular formula is C17H16ClNO5S. The zero-order valence-corrected chi connectivity index (χ0v) is 15.1. The molecule has 0 aromatic heterocycles. The summed E-state index contributed by atoms with van der Waals surface area (Å²) in [4.78, 5) is 23.7. The number of Topliss-reactive ketones (excluding diaryl/α,β-unsaturated/α-hetero) is 1. The van der Waals surface area contributed by atoms with Gasteiger partial charge in [0.15, 0.2) is 22.2 Å². The molecule has 0 radical (unpaired) electrons. The summed E-state index contributed by atoms with van der Waals surface area (Å²) >= 11 is 5.85. The number of ether oxygens (including phenoxy) is 1. The van der Waals surface area contributed by atoms with Crippen LogP contribution in [0.1, 0.15) is 17.3 Å². The van der Waals surface area contributed by atoms with Crippen molar-refractivity contribution in [1.82, 2.24) is 0 Å². The molecule has 0 fully saturated rings. The van der Waals surface area contributed by atoms with Crippen LogP contribution in [-0.4, -0.2) is 33.0 Å². The molecular weight excluding hydrogens is 366 g/mol. The molecule has 0 aliphatic heterocycles. The first-order chi connectivity index (χ1) is 11.7. The molecule has 2 aromatic carbocycles. The van der Waals surface area contributed by atoms with Crippen LogP contribution in [0.3, 0.4) is 0 Å². The van der Waals surface area contributed by atoms with E-state index in [2.05, 4.69) is 5.32 Å². The monoisotopic (exact) mass is 381 g/mol. The molecule has 2 rings (SSSR count). The Balaban J connectivity index is 2.06. The van der Waals surface area contributed by atoms with Crippen molar-refractivity contribution in [2.24, 2.45) is 0 Å². The second kappa shape index (κ2) is 7.67. The Labute approximate surface area is 150 Å². The maximum absolute atomic E-state index is 12.0. The Morgan fingerprint density at radius 1 is 1.16 bits per heavy atom. The maximum Gasteiger partial charge on any atom is 0.262 e. The van der Waals surface area contributed by atoms with Gasteiger partial charge >= 0.3 is 0 Å². The second-order valence-electron chi connectivity index (χ2n) is 5.33. The lowest BCUT2D eigenvalue weighted by atomic mass is 10.1. The summed E-state index contributed by atoms with van der Waals surface area (Å²) in [7, 11) is -3.37. The van der Waals surface area contributed by atoms with Gasteiger partial charge in [0.1, 0.15) is 5.75 Å². The molecule has 6 nitrogen and oxygen atoms in total. The predicted octanol–water partition coefficient (Wildman–Crippen LogP) is 2.96. The minimum atomic E-state index is -3.37. The van der Waals surface area contributed by atoms with Gasteiger partial charge in [0.25, 0.3) is 5.91 Å². The molecule has 132 valence electrons. The molecule has 0 saturated carbocycles. The molecule has 0 unspecified atom stereocenters. The number of amides is 1. The largest absolute Gasteiger partial charge is 0.483 e. The summed E-state index contributed by atoms with van der Waals surface area (Å²) in [6.45, 7) is 1.03. The quantitative estimate of drug-likeness (QED) is 0.777. The van der Waals surface area contributed by atoms with Crippen molar-refractivity contribution in [2.45, 2.75) is 11.8 Å². The number of ketones is 1. The van der Waals surface area contributed by atoms with Crippen molar-refractivity contribution < 1.29 is 22.7 Å². The maximum atomic E-state index is 12.0. The average molecular weight is 382 g/mol. The van der Waals surface area contributed by atoms with Crippen LogP contribution in [0.15, 0.2) is 47.4 Å². The van der Waals surface area contributed by atoms with Gasteiger partial charge < -0.3 is 10.1 Å². The zero-order valence-electron chi connectivity index (χ0n) is 13.6. The fraction of sp³-hybridized carbons (Fsp3) is 0.176. The summed E-state index contributed by atoms with van der Waals surface area (Å²) in [6, 6.07) is 10.4. The van der Waals surface area contributed by atoms with E-state index in [9.17, 15) is 18.0 Å². The van der Waals surface area contributed by atoms with Crippen LogP contribution in [0.25, 0.3) is 0 Å². The van der Waals surface area contributed by atoms with Crippen LogP contribution in [0.5, 0.6) is 5.75 Å². The molecule has 0 atom stereocenters. The first-order valence-corrected chi connectivity index (χ1v) is 9.47. The van der Waals surface area contributed by atoms with Crippen molar-refractivity contribution >= 4 is 38.8 Å². The standard InChI is InChI=1S/C17H16ClNO5S/c1-11(20)15-8-12(18)6-7-16(15)24-10-17(21)19-13-4-3-5-14(9-13)25(2,22)23/h3-9H,10H2,1-2H3,(H,19,21). The van der Waals surface area contributed by atoms with Gasteiger partial charge in [-0.1, -0.05) is 17.7 Å². The van der Waals surface area contributed by atoms with Crippen LogP contribution in [-0.2, 0) is 14.6 Å². The first-order valence-electron chi connectivity index (χ1n) is 7.20. The van der Waals surface area contributed by atoms with E-state index in [4.69, 9.17) is 16.3 Å². The summed E-state index contributed by atoms with van der Waals surface area (Å²) < 4.78 is 28.4. The van der Waals surface area contributed by atoms with Crippen LogP contribution >= 0.6 is 11.6 Å². The van der Waals surface area contributed by atoms with Gasteiger partial charge in [0.2, 0.25) is 0 Å². The van der Waals surface area contributed by atoms with Gasteiger partial charge in [0.05, 0.1) is 10.5 Å². The highest BCUT2D eigenvalue weighted by Crippen LogP contribution is 2.23. The van der Waals surface area contributed by atoms with Crippen LogP contribution < -0.4 is 10.1 Å². The molecule has 1 N–H and O–H groups in total. The number of halogens is 1. The highest BCUT2D eigenvalue weighted by Gasteiger charge is 2.12. The molecule has 2 aromatic rings. The van der Waals surface area contributed by atoms with Crippen LogP contribution in [0, 0.1) is 0 Å². The zero-order chi connectivity index (χ0) is 18.6. The lowest BCUT2D eigenvalue weighted by Gasteiger charge is -2.11. The highest BCUT2D eigenvalue weighted by molar-refractivity contribution is 7.90. The van der Waals surface area contributed by atoms with Gasteiger partial charge in [-0.2, -0.15) is 0 Å². The van der Waals surface area contributed by atoms with Crippen molar-refractivity contribution in [1.29, 1.82) is 0 Å². The summed E-state index contributed by atoms with van der Waals surface area (Å²) in [5, 5.41) is 2.93. The van der Waals surface area contributed by atoms with E-state index in [1.807, 2.05) is 0 Å². The van der Waals surface area contributed by atoms with Crippen molar-refractivity contribution in [2.75, 3.05) is 18.2 Å². The topological polar surface area (TPSA) is 89.5 Å². The molecule has 0 saturated heterocycles. The molecule has 0 aliphatic carbocycles. The second-order valence-corrected chi connectivity index (χ2v) is 7.79. The van der Waals surface area contributed by atoms with Gasteiger partial charge in [-0.3, -0.25) is 9.59 Å². The van der Waals surface area contributed by atoms with Gasteiger partial charge in [-0.25, -0.2) is 8.42 Å². The minimum Gasteiger partial charge on any atom is -0.483 e. The molecule has 0 bridgehead atoms. The number of carbonyl (C=O) groups excluding carboxylic acids is 2. The van der Waals surface area contributed by atoms with Crippen molar-refractivity contribution in [3.63, 3.8) is 0 Å². The highest BCUT2D eigenvalue weighted by atomic mass is 35.5. The Morgan fingerprint density at radius 3 is 2.52 bits per heavy atom. The van der Waals surface area contributed by atoms with Gasteiger partial charge in [-0.15, -0.1) is 0 Å². The van der Waals surface area contributed by atoms with E-state index in [1.165, 1.54) is 37.3 Å². The van der Waals surface area contributed by atoms with Crippen LogP contribution in [0.2, 0.25) is 5.02 Å². The molecule has 8 heteroatoms. The summed E-state index contributed by atoms with van der Waals surface area (Å²) in [5.41, 5.74) is 0.610. The fourth-order valence-electron chi connectivity index (χ4n) is 2.05. The number of hydrogen-bond acceptors (Lipinski definition) is 5. The van der Waals surface area contributed by atoms with E-state index in [0.29, 0.717) is 10.7 Å². The minimum absolute atomic E-state index is 0.0998. The predicted molar refractivity (Wildman–Crippen MR) is 95.1 cm³/mol. The molecule has 0 aliphatic rings. The molecule has 1 amide bonds. The van der Waals surface area contributed by atoms with E-state index >= 15 is 0 Å². The number of sulfone groups is 1. The van der Waals surface area contributed by atoms with E-state index in [0.717, 1.165) is 6.26 Å². The third-order valence-electron chi connectivity index (χ3n) is 3.23.